The lowest BCUT2D eigenvalue weighted by Gasteiger charge is -2.13. The van der Waals surface area contributed by atoms with Crippen LogP contribution in [0.15, 0.2) is 59.6 Å². The van der Waals surface area contributed by atoms with Gasteiger partial charge in [0.2, 0.25) is 0 Å². The quantitative estimate of drug-likeness (QED) is 0.356. The molecular formula is C20H16N4O4S2. The second kappa shape index (κ2) is 7.47. The molecule has 0 aliphatic rings. The van der Waals surface area contributed by atoms with Crippen molar-refractivity contribution in [2.45, 2.75) is 18.7 Å². The van der Waals surface area contributed by atoms with Crippen LogP contribution in [0.3, 0.4) is 0 Å². The molecule has 4 aromatic rings. The molecule has 2 aromatic carbocycles. The van der Waals surface area contributed by atoms with E-state index < -0.39 is 14.9 Å². The summed E-state index contributed by atoms with van der Waals surface area (Å²) in [6.45, 7) is 3.38. The summed E-state index contributed by atoms with van der Waals surface area (Å²) < 4.78 is 28.3. The Morgan fingerprint density at radius 2 is 1.87 bits per heavy atom. The molecule has 0 fully saturated rings. The van der Waals surface area contributed by atoms with Gasteiger partial charge in [-0.05, 0) is 55.3 Å². The van der Waals surface area contributed by atoms with Gasteiger partial charge < -0.3 is 0 Å². The topological polar surface area (TPSA) is 115 Å². The number of hydrogen-bond acceptors (Lipinski definition) is 7. The molecule has 8 nitrogen and oxygen atoms in total. The largest absolute Gasteiger partial charge is 0.279 e. The van der Waals surface area contributed by atoms with E-state index in [9.17, 15) is 18.5 Å². The number of anilines is 1. The summed E-state index contributed by atoms with van der Waals surface area (Å²) in [5, 5.41) is 11.8. The van der Waals surface area contributed by atoms with Gasteiger partial charge in [-0.2, -0.15) is 0 Å². The molecule has 0 saturated carbocycles. The van der Waals surface area contributed by atoms with E-state index in [2.05, 4.69) is 14.7 Å². The van der Waals surface area contributed by atoms with Gasteiger partial charge in [0.15, 0.2) is 0 Å². The molecule has 0 radical (unpaired) electrons. The van der Waals surface area contributed by atoms with E-state index in [0.29, 0.717) is 16.8 Å². The number of nitro benzene ring substituents is 1. The summed E-state index contributed by atoms with van der Waals surface area (Å²) in [6.07, 6.45) is 1.71. The van der Waals surface area contributed by atoms with E-state index in [1.807, 2.05) is 18.2 Å². The van der Waals surface area contributed by atoms with Gasteiger partial charge in [-0.1, -0.05) is 17.4 Å². The minimum absolute atomic E-state index is 0.127. The van der Waals surface area contributed by atoms with Gasteiger partial charge in [-0.15, -0.1) is 0 Å². The van der Waals surface area contributed by atoms with Crippen molar-refractivity contribution in [2.24, 2.45) is 0 Å². The fourth-order valence-corrected chi connectivity index (χ4v) is 5.30. The first kappa shape index (κ1) is 19.9. The Bertz CT molecular complexity index is 1360. The number of aryl methyl sites for hydroxylation is 2. The molecule has 10 heteroatoms. The molecule has 2 heterocycles. The normalized spacial score (nSPS) is 11.5. The highest BCUT2D eigenvalue weighted by molar-refractivity contribution is 7.92. The van der Waals surface area contributed by atoms with Crippen LogP contribution in [0.25, 0.3) is 20.9 Å². The second-order valence-corrected chi connectivity index (χ2v) is 9.32. The first-order chi connectivity index (χ1) is 14.2. The van der Waals surface area contributed by atoms with Crippen LogP contribution in [0.5, 0.6) is 0 Å². The van der Waals surface area contributed by atoms with Gasteiger partial charge in [0.05, 0.1) is 15.5 Å². The molecule has 0 amide bonds. The van der Waals surface area contributed by atoms with Crippen molar-refractivity contribution in [3.05, 3.63) is 76.0 Å². The molecule has 0 spiro atoms. The van der Waals surface area contributed by atoms with Crippen molar-refractivity contribution in [1.82, 2.24) is 9.97 Å². The van der Waals surface area contributed by atoms with Crippen molar-refractivity contribution < 1.29 is 13.3 Å². The summed E-state index contributed by atoms with van der Waals surface area (Å²) in [6, 6.07) is 12.8. The smallest absolute Gasteiger partial charge is 0.270 e. The van der Waals surface area contributed by atoms with Gasteiger partial charge in [0.25, 0.3) is 15.7 Å². The monoisotopic (exact) mass is 440 g/mol. The fraction of sp³-hybridized carbons (Fsp3) is 0.100. The lowest BCUT2D eigenvalue weighted by molar-refractivity contribution is -0.385. The maximum atomic E-state index is 12.9. The average molecular weight is 441 g/mol. The third-order valence-electron chi connectivity index (χ3n) is 4.56. The molecule has 0 aliphatic carbocycles. The van der Waals surface area contributed by atoms with Crippen LogP contribution in [0.2, 0.25) is 0 Å². The Balaban J connectivity index is 1.67. The number of aromatic nitrogens is 2. The van der Waals surface area contributed by atoms with Gasteiger partial charge in [0, 0.05) is 23.9 Å². The fourth-order valence-electron chi connectivity index (χ4n) is 3.00. The van der Waals surface area contributed by atoms with Crippen molar-refractivity contribution in [2.75, 3.05) is 4.72 Å². The van der Waals surface area contributed by atoms with Crippen LogP contribution < -0.4 is 4.72 Å². The summed E-state index contributed by atoms with van der Waals surface area (Å²) in [4.78, 5) is 20.0. The van der Waals surface area contributed by atoms with Crippen molar-refractivity contribution >= 4 is 43.1 Å². The summed E-state index contributed by atoms with van der Waals surface area (Å²) in [7, 11) is -4.00. The predicted molar refractivity (Wildman–Crippen MR) is 116 cm³/mol. The molecule has 1 N–H and O–H groups in total. The van der Waals surface area contributed by atoms with E-state index in [1.54, 1.807) is 32.2 Å². The maximum Gasteiger partial charge on any atom is 0.270 e. The zero-order valence-corrected chi connectivity index (χ0v) is 17.6. The molecule has 30 heavy (non-hydrogen) atoms. The predicted octanol–water partition coefficient (Wildman–Crippen LogP) is 4.68. The maximum absolute atomic E-state index is 12.9. The summed E-state index contributed by atoms with van der Waals surface area (Å²) in [5.41, 5.74) is 2.89. The third-order valence-corrected chi connectivity index (χ3v) is 7.09. The molecule has 0 bridgehead atoms. The van der Waals surface area contributed by atoms with Crippen molar-refractivity contribution in [3.63, 3.8) is 0 Å². The van der Waals surface area contributed by atoms with Crippen LogP contribution in [0.4, 0.5) is 11.4 Å². The van der Waals surface area contributed by atoms with E-state index in [1.165, 1.54) is 23.5 Å². The number of fused-ring (bicyclic) bond motifs is 1. The van der Waals surface area contributed by atoms with E-state index >= 15 is 0 Å². The SMILES string of the molecule is Cc1cc(-c2nc3cccnc3s2)ccc1NS(=O)(=O)c1cc([N+](=O)[O-])ccc1C. The highest BCUT2D eigenvalue weighted by atomic mass is 32.2. The van der Waals surface area contributed by atoms with E-state index in [4.69, 9.17) is 0 Å². The number of sulfonamides is 1. The van der Waals surface area contributed by atoms with Gasteiger partial charge in [-0.3, -0.25) is 14.8 Å². The number of nitro groups is 1. The van der Waals surface area contributed by atoms with Gasteiger partial charge in [-0.25, -0.2) is 18.4 Å². The van der Waals surface area contributed by atoms with Crippen LogP contribution >= 0.6 is 11.3 Å². The number of benzene rings is 2. The number of rotatable bonds is 5. The third kappa shape index (κ3) is 3.74. The van der Waals surface area contributed by atoms with Crippen molar-refractivity contribution in [3.8, 4) is 10.6 Å². The molecule has 152 valence electrons. The van der Waals surface area contributed by atoms with Crippen LogP contribution in [-0.2, 0) is 10.0 Å². The van der Waals surface area contributed by atoms with Crippen molar-refractivity contribution in [1.29, 1.82) is 0 Å². The van der Waals surface area contributed by atoms with Crippen LogP contribution in [0, 0.1) is 24.0 Å². The number of thiazole rings is 1. The summed E-state index contributed by atoms with van der Waals surface area (Å²) >= 11 is 1.46. The average Bonchev–Trinajstić information content (AvgIpc) is 3.13. The Morgan fingerprint density at radius 3 is 2.57 bits per heavy atom. The second-order valence-electron chi connectivity index (χ2n) is 6.69. The zero-order valence-electron chi connectivity index (χ0n) is 16.0. The Hall–Kier alpha value is -3.37. The standard InChI is InChI=1S/C20H16N4O4S2/c1-12-5-7-15(24(25)26)11-18(12)30(27,28)23-16-8-6-14(10-13(16)2)19-22-17-4-3-9-21-20(17)29-19/h3-11,23H,1-2H3. The van der Waals surface area contributed by atoms with E-state index in [-0.39, 0.29) is 10.6 Å². The first-order valence-electron chi connectivity index (χ1n) is 8.85. The molecule has 0 unspecified atom stereocenters. The Labute approximate surface area is 176 Å². The Morgan fingerprint density at radius 1 is 1.07 bits per heavy atom. The zero-order chi connectivity index (χ0) is 21.5. The first-order valence-corrected chi connectivity index (χ1v) is 11.1. The number of non-ortho nitro benzene ring substituents is 1. The molecule has 2 aromatic heterocycles. The lowest BCUT2D eigenvalue weighted by Crippen LogP contribution is -2.15. The molecule has 0 atom stereocenters. The summed E-state index contributed by atoms with van der Waals surface area (Å²) in [5.74, 6) is 0. The molecule has 4 rings (SSSR count). The van der Waals surface area contributed by atoms with E-state index in [0.717, 1.165) is 27.0 Å². The molecular weight excluding hydrogens is 424 g/mol. The molecule has 0 aliphatic heterocycles. The number of nitrogens with zero attached hydrogens (tertiary/aromatic N) is 3. The minimum atomic E-state index is -4.00. The van der Waals surface area contributed by atoms with Crippen LogP contribution in [0.1, 0.15) is 11.1 Å². The highest BCUT2D eigenvalue weighted by Crippen LogP contribution is 2.32. The Kier molecular flexibility index (Phi) is 4.96. The lowest BCUT2D eigenvalue weighted by atomic mass is 10.1. The van der Waals surface area contributed by atoms with Crippen LogP contribution in [-0.4, -0.2) is 23.3 Å². The van der Waals surface area contributed by atoms with Gasteiger partial charge >= 0.3 is 0 Å². The minimum Gasteiger partial charge on any atom is -0.279 e. The van der Waals surface area contributed by atoms with Gasteiger partial charge in [0.1, 0.15) is 15.4 Å². The number of hydrogen-bond donors (Lipinski definition) is 1. The molecule has 0 saturated heterocycles. The highest BCUT2D eigenvalue weighted by Gasteiger charge is 2.21. The number of pyridine rings is 1. The number of nitrogens with one attached hydrogen (secondary N) is 1.